The number of ether oxygens (including phenoxy) is 1. The lowest BCUT2D eigenvalue weighted by molar-refractivity contribution is -0.154. The molecular formula is C16H21F3IN5O. The summed E-state index contributed by atoms with van der Waals surface area (Å²) in [5.41, 5.74) is 0.737. The van der Waals surface area contributed by atoms with Gasteiger partial charge in [0.15, 0.2) is 12.6 Å². The van der Waals surface area contributed by atoms with Gasteiger partial charge < -0.3 is 19.9 Å². The highest BCUT2D eigenvalue weighted by atomic mass is 127. The zero-order valence-electron chi connectivity index (χ0n) is 14.2. The Kier molecular flexibility index (Phi) is 9.24. The zero-order valence-corrected chi connectivity index (χ0v) is 16.5. The van der Waals surface area contributed by atoms with Crippen molar-refractivity contribution in [3.63, 3.8) is 0 Å². The lowest BCUT2D eigenvalue weighted by Crippen LogP contribution is -2.38. The molecule has 6 nitrogen and oxygen atoms in total. The molecule has 2 heterocycles. The average molecular weight is 483 g/mol. The van der Waals surface area contributed by atoms with E-state index in [1.54, 1.807) is 13.1 Å². The number of alkyl halides is 3. The van der Waals surface area contributed by atoms with Crippen LogP contribution in [0.15, 0.2) is 47.8 Å². The van der Waals surface area contributed by atoms with E-state index in [-0.39, 0.29) is 29.9 Å². The van der Waals surface area contributed by atoms with Gasteiger partial charge in [-0.3, -0.25) is 4.99 Å². The molecular weight excluding hydrogens is 462 g/mol. The summed E-state index contributed by atoms with van der Waals surface area (Å²) in [7, 11) is 1.65. The van der Waals surface area contributed by atoms with Crippen molar-refractivity contribution < 1.29 is 17.9 Å². The lowest BCUT2D eigenvalue weighted by atomic mass is 10.2. The second-order valence-corrected chi connectivity index (χ2v) is 5.18. The molecule has 0 saturated heterocycles. The van der Waals surface area contributed by atoms with Crippen molar-refractivity contribution in [2.75, 3.05) is 20.2 Å². The van der Waals surface area contributed by atoms with Gasteiger partial charge in [0, 0.05) is 51.3 Å². The van der Waals surface area contributed by atoms with Crippen molar-refractivity contribution in [3.05, 3.63) is 48.4 Å². The highest BCUT2D eigenvalue weighted by Gasteiger charge is 2.28. The smallest absolute Gasteiger partial charge is 0.422 e. The molecule has 10 heteroatoms. The first-order valence-corrected chi connectivity index (χ1v) is 7.66. The molecule has 2 rings (SSSR count). The van der Waals surface area contributed by atoms with Crippen molar-refractivity contribution in [1.82, 2.24) is 20.2 Å². The van der Waals surface area contributed by atoms with Crippen LogP contribution in [0.1, 0.15) is 5.56 Å². The first kappa shape index (κ1) is 22.1. The number of hydrogen-bond donors (Lipinski definition) is 2. The number of aliphatic imine (C=N–C) groups is 1. The number of aromatic nitrogens is 2. The number of pyridine rings is 1. The molecule has 0 unspecified atom stereocenters. The Labute approximate surface area is 166 Å². The molecule has 2 N–H and O–H groups in total. The van der Waals surface area contributed by atoms with E-state index in [0.29, 0.717) is 19.0 Å². The molecule has 0 bridgehead atoms. The minimum absolute atomic E-state index is 0. The highest BCUT2D eigenvalue weighted by molar-refractivity contribution is 14.0. The molecule has 0 aliphatic carbocycles. The first-order chi connectivity index (χ1) is 12.0. The Morgan fingerprint density at radius 3 is 2.65 bits per heavy atom. The summed E-state index contributed by atoms with van der Waals surface area (Å²) in [5.74, 6) is 0.536. The number of rotatable bonds is 7. The van der Waals surface area contributed by atoms with E-state index >= 15 is 0 Å². The van der Waals surface area contributed by atoms with Crippen molar-refractivity contribution in [1.29, 1.82) is 0 Å². The van der Waals surface area contributed by atoms with Crippen molar-refractivity contribution in [2.45, 2.75) is 19.3 Å². The second-order valence-electron chi connectivity index (χ2n) is 5.18. The van der Waals surface area contributed by atoms with Gasteiger partial charge in [0.1, 0.15) is 0 Å². The van der Waals surface area contributed by atoms with E-state index in [1.807, 2.05) is 29.1 Å². The van der Waals surface area contributed by atoms with Crippen LogP contribution in [0.4, 0.5) is 13.2 Å². The van der Waals surface area contributed by atoms with E-state index in [4.69, 9.17) is 0 Å². The normalized spacial score (nSPS) is 11.6. The standard InChI is InChI=1S/C16H20F3N5O.HI/c1-20-15(22-6-9-24-7-2-3-8-24)23-11-13-4-5-21-14(10-13)25-12-16(17,18)19;/h2-5,7-8,10H,6,9,11-12H2,1H3,(H2,20,22,23);1H. The Morgan fingerprint density at radius 2 is 2.00 bits per heavy atom. The summed E-state index contributed by atoms with van der Waals surface area (Å²) < 4.78 is 43.2. The van der Waals surface area contributed by atoms with Gasteiger partial charge in [0.25, 0.3) is 0 Å². The summed E-state index contributed by atoms with van der Waals surface area (Å²) in [5, 5.41) is 6.25. The molecule has 26 heavy (non-hydrogen) atoms. The Bertz CT molecular complexity index is 677. The predicted molar refractivity (Wildman–Crippen MR) is 104 cm³/mol. The van der Waals surface area contributed by atoms with Gasteiger partial charge in [-0.05, 0) is 23.8 Å². The highest BCUT2D eigenvalue weighted by Crippen LogP contribution is 2.17. The van der Waals surface area contributed by atoms with Crippen LogP contribution < -0.4 is 15.4 Å². The Hall–Kier alpha value is -1.98. The fourth-order valence-electron chi connectivity index (χ4n) is 2.02. The minimum atomic E-state index is -4.39. The number of guanidine groups is 1. The van der Waals surface area contributed by atoms with E-state index < -0.39 is 12.8 Å². The summed E-state index contributed by atoms with van der Waals surface area (Å²) in [4.78, 5) is 7.87. The molecule has 0 amide bonds. The SMILES string of the molecule is CN=C(NCCn1cccc1)NCc1ccnc(OCC(F)(F)F)c1.I. The van der Waals surface area contributed by atoms with E-state index in [0.717, 1.165) is 12.1 Å². The quantitative estimate of drug-likeness (QED) is 0.362. The summed E-state index contributed by atoms with van der Waals surface area (Å²) >= 11 is 0. The number of halogens is 4. The maximum Gasteiger partial charge on any atom is 0.422 e. The first-order valence-electron chi connectivity index (χ1n) is 7.66. The molecule has 0 fully saturated rings. The Balaban J connectivity index is 0.00000338. The van der Waals surface area contributed by atoms with Crippen LogP contribution in [0.2, 0.25) is 0 Å². The molecule has 0 aliphatic heterocycles. The van der Waals surface area contributed by atoms with Gasteiger partial charge in [-0.2, -0.15) is 13.2 Å². The zero-order chi connectivity index (χ0) is 18.1. The molecule has 0 radical (unpaired) electrons. The number of hydrogen-bond acceptors (Lipinski definition) is 3. The summed E-state index contributed by atoms with van der Waals surface area (Å²) in [6, 6.07) is 7.07. The van der Waals surface area contributed by atoms with Crippen LogP contribution in [-0.2, 0) is 13.1 Å². The van der Waals surface area contributed by atoms with Crippen LogP contribution in [0.5, 0.6) is 5.88 Å². The summed E-state index contributed by atoms with van der Waals surface area (Å²) in [6.45, 7) is 0.497. The van der Waals surface area contributed by atoms with Gasteiger partial charge in [-0.15, -0.1) is 24.0 Å². The largest absolute Gasteiger partial charge is 0.468 e. The van der Waals surface area contributed by atoms with Crippen LogP contribution in [0.25, 0.3) is 0 Å². The maximum atomic E-state index is 12.2. The molecule has 0 saturated carbocycles. The lowest BCUT2D eigenvalue weighted by Gasteiger charge is -2.13. The van der Waals surface area contributed by atoms with Crippen LogP contribution in [0.3, 0.4) is 0 Å². The van der Waals surface area contributed by atoms with Crippen LogP contribution in [0, 0.1) is 0 Å². The van der Waals surface area contributed by atoms with Gasteiger partial charge in [-0.1, -0.05) is 0 Å². The third-order valence-electron chi connectivity index (χ3n) is 3.20. The topological polar surface area (TPSA) is 63.5 Å². The summed E-state index contributed by atoms with van der Waals surface area (Å²) in [6.07, 6.45) is 0.960. The average Bonchev–Trinajstić information content (AvgIpc) is 3.09. The van der Waals surface area contributed by atoms with Crippen molar-refractivity contribution >= 4 is 29.9 Å². The van der Waals surface area contributed by atoms with E-state index in [2.05, 4.69) is 25.3 Å². The third kappa shape index (κ3) is 8.41. The van der Waals surface area contributed by atoms with Gasteiger partial charge in [0.05, 0.1) is 0 Å². The molecule has 144 valence electrons. The second kappa shape index (κ2) is 10.9. The molecule has 0 spiro atoms. The van der Waals surface area contributed by atoms with E-state index in [1.165, 1.54) is 12.3 Å². The molecule has 2 aromatic heterocycles. The molecule has 0 aliphatic rings. The minimum Gasteiger partial charge on any atom is -0.468 e. The number of nitrogens with one attached hydrogen (secondary N) is 2. The monoisotopic (exact) mass is 483 g/mol. The van der Waals surface area contributed by atoms with Gasteiger partial charge in [0.2, 0.25) is 5.88 Å². The van der Waals surface area contributed by atoms with Crippen molar-refractivity contribution in [3.8, 4) is 5.88 Å². The fraction of sp³-hybridized carbons (Fsp3) is 0.375. The van der Waals surface area contributed by atoms with Gasteiger partial charge >= 0.3 is 6.18 Å². The molecule has 0 atom stereocenters. The van der Waals surface area contributed by atoms with Crippen LogP contribution in [-0.4, -0.2) is 41.9 Å². The molecule has 2 aromatic rings. The fourth-order valence-corrected chi connectivity index (χ4v) is 2.02. The van der Waals surface area contributed by atoms with E-state index in [9.17, 15) is 13.2 Å². The van der Waals surface area contributed by atoms with Crippen LogP contribution >= 0.6 is 24.0 Å². The number of nitrogens with zero attached hydrogens (tertiary/aromatic N) is 3. The van der Waals surface area contributed by atoms with Crippen molar-refractivity contribution in [2.24, 2.45) is 4.99 Å². The maximum absolute atomic E-state index is 12.2. The predicted octanol–water partition coefficient (Wildman–Crippen LogP) is 2.81. The van der Waals surface area contributed by atoms with Gasteiger partial charge in [-0.25, -0.2) is 4.98 Å². The Morgan fingerprint density at radius 1 is 1.27 bits per heavy atom. The third-order valence-corrected chi connectivity index (χ3v) is 3.20. The molecule has 0 aromatic carbocycles.